The molecule has 3 rings (SSSR count). The molecule has 0 aliphatic carbocycles. The van der Waals surface area contributed by atoms with Gasteiger partial charge in [-0.15, -0.1) is 0 Å². The molecule has 0 spiro atoms. The fourth-order valence-electron chi connectivity index (χ4n) is 2.83. The molecule has 3 aromatic rings. The predicted molar refractivity (Wildman–Crippen MR) is 102 cm³/mol. The van der Waals surface area contributed by atoms with Gasteiger partial charge in [-0.3, -0.25) is 9.36 Å². The number of aryl methyl sites for hydroxylation is 1. The Kier molecular flexibility index (Phi) is 4.94. The number of carbonyl (C=O) groups excluding carboxylic acids is 2. The van der Waals surface area contributed by atoms with Crippen LogP contribution in [0.3, 0.4) is 0 Å². The minimum absolute atomic E-state index is 0.236. The first kappa shape index (κ1) is 18.2. The molecule has 0 aliphatic rings. The Balaban J connectivity index is 1.84. The molecule has 7 heteroatoms. The zero-order valence-electron chi connectivity index (χ0n) is 15.2. The number of methoxy groups -OCH3 is 1. The third-order valence-electron chi connectivity index (χ3n) is 4.34. The highest BCUT2D eigenvalue weighted by atomic mass is 16.5. The van der Waals surface area contributed by atoms with E-state index < -0.39 is 5.97 Å². The third-order valence-corrected chi connectivity index (χ3v) is 4.34. The number of ether oxygens (including phenoxy) is 1. The number of amides is 1. The van der Waals surface area contributed by atoms with Gasteiger partial charge in [0.2, 0.25) is 0 Å². The predicted octanol–water partition coefficient (Wildman–Crippen LogP) is 2.82. The fourth-order valence-corrected chi connectivity index (χ4v) is 2.83. The lowest BCUT2D eigenvalue weighted by atomic mass is 10.1. The van der Waals surface area contributed by atoms with Crippen molar-refractivity contribution in [2.75, 3.05) is 12.4 Å². The molecule has 0 saturated carbocycles. The number of aromatic nitrogens is 2. The minimum atomic E-state index is -0.458. The molecule has 0 aliphatic heterocycles. The number of nitrogens with zero attached hydrogens (tertiary/aromatic N) is 1. The quantitative estimate of drug-likeness (QED) is 0.695. The topological polar surface area (TPSA) is 93.2 Å². The van der Waals surface area contributed by atoms with Crippen LogP contribution in [0.5, 0.6) is 0 Å². The standard InChI is InChI=1S/C20H19N3O4/c1-12-11-21-20(26)23(12)15-9-7-14(8-10-15)18(24)22-17-6-4-5-16(13(17)2)19(25)27-3/h4-11H,1-3H3,(H,21,26)(H,22,24). The lowest BCUT2D eigenvalue weighted by Gasteiger charge is -2.12. The van der Waals surface area contributed by atoms with Gasteiger partial charge in [0.25, 0.3) is 5.91 Å². The van der Waals surface area contributed by atoms with E-state index >= 15 is 0 Å². The normalized spacial score (nSPS) is 10.5. The molecular formula is C20H19N3O4. The van der Waals surface area contributed by atoms with Crippen LogP contribution < -0.4 is 11.0 Å². The van der Waals surface area contributed by atoms with Crippen LogP contribution in [-0.4, -0.2) is 28.5 Å². The summed E-state index contributed by atoms with van der Waals surface area (Å²) in [5, 5.41) is 2.80. The minimum Gasteiger partial charge on any atom is -0.465 e. The molecule has 138 valence electrons. The van der Waals surface area contributed by atoms with Crippen molar-refractivity contribution >= 4 is 17.6 Å². The van der Waals surface area contributed by atoms with Crippen molar-refractivity contribution < 1.29 is 14.3 Å². The molecule has 1 aromatic heterocycles. The fraction of sp³-hybridized carbons (Fsp3) is 0.150. The van der Waals surface area contributed by atoms with Crippen molar-refractivity contribution in [2.24, 2.45) is 0 Å². The largest absolute Gasteiger partial charge is 0.465 e. The van der Waals surface area contributed by atoms with Crippen LogP contribution in [0.15, 0.2) is 53.5 Å². The van der Waals surface area contributed by atoms with Crippen LogP contribution >= 0.6 is 0 Å². The molecule has 0 unspecified atom stereocenters. The maximum atomic E-state index is 12.5. The highest BCUT2D eigenvalue weighted by Gasteiger charge is 2.14. The first-order valence-electron chi connectivity index (χ1n) is 8.29. The number of hydrogen-bond acceptors (Lipinski definition) is 4. The Morgan fingerprint density at radius 2 is 1.78 bits per heavy atom. The number of benzene rings is 2. The van der Waals surface area contributed by atoms with E-state index in [0.29, 0.717) is 28.1 Å². The Bertz CT molecular complexity index is 1060. The number of H-pyrrole nitrogens is 1. The van der Waals surface area contributed by atoms with Crippen LogP contribution in [0, 0.1) is 13.8 Å². The second-order valence-corrected chi connectivity index (χ2v) is 6.04. The molecule has 7 nitrogen and oxygen atoms in total. The van der Waals surface area contributed by atoms with Crippen LogP contribution in [0.1, 0.15) is 32.0 Å². The summed E-state index contributed by atoms with van der Waals surface area (Å²) in [5.41, 5.74) is 3.19. The molecule has 2 aromatic carbocycles. The summed E-state index contributed by atoms with van der Waals surface area (Å²) >= 11 is 0. The maximum Gasteiger partial charge on any atom is 0.338 e. The summed E-state index contributed by atoms with van der Waals surface area (Å²) in [6.45, 7) is 3.56. The molecule has 0 atom stereocenters. The van der Waals surface area contributed by atoms with Gasteiger partial charge in [0.15, 0.2) is 0 Å². The van der Waals surface area contributed by atoms with Crippen molar-refractivity contribution in [2.45, 2.75) is 13.8 Å². The zero-order valence-corrected chi connectivity index (χ0v) is 15.2. The lowest BCUT2D eigenvalue weighted by molar-refractivity contribution is 0.0599. The third kappa shape index (κ3) is 3.52. The first-order valence-corrected chi connectivity index (χ1v) is 8.29. The van der Waals surface area contributed by atoms with Gasteiger partial charge in [0.05, 0.1) is 18.4 Å². The van der Waals surface area contributed by atoms with Gasteiger partial charge in [-0.25, -0.2) is 9.59 Å². The number of carbonyl (C=O) groups is 2. The van der Waals surface area contributed by atoms with Crippen LogP contribution in [0.25, 0.3) is 5.69 Å². The second-order valence-electron chi connectivity index (χ2n) is 6.04. The Morgan fingerprint density at radius 1 is 1.07 bits per heavy atom. The summed E-state index contributed by atoms with van der Waals surface area (Å²) in [4.78, 5) is 38.8. The summed E-state index contributed by atoms with van der Waals surface area (Å²) in [5.74, 6) is -0.773. The summed E-state index contributed by atoms with van der Waals surface area (Å²) in [6, 6.07) is 11.7. The van der Waals surface area contributed by atoms with E-state index in [0.717, 1.165) is 5.69 Å². The van der Waals surface area contributed by atoms with Gasteiger partial charge in [-0.1, -0.05) is 6.07 Å². The second kappa shape index (κ2) is 7.33. The molecule has 1 heterocycles. The SMILES string of the molecule is COC(=O)c1cccc(NC(=O)c2ccc(-n3c(C)c[nH]c3=O)cc2)c1C. The molecule has 0 radical (unpaired) electrons. The highest BCUT2D eigenvalue weighted by molar-refractivity contribution is 6.05. The maximum absolute atomic E-state index is 12.5. The van der Waals surface area contributed by atoms with E-state index in [1.165, 1.54) is 11.7 Å². The molecule has 1 amide bonds. The van der Waals surface area contributed by atoms with Crippen molar-refractivity contribution in [3.63, 3.8) is 0 Å². The van der Waals surface area contributed by atoms with Crippen molar-refractivity contribution in [3.8, 4) is 5.69 Å². The number of hydrogen-bond donors (Lipinski definition) is 2. The lowest BCUT2D eigenvalue weighted by Crippen LogP contribution is -2.17. The molecule has 2 N–H and O–H groups in total. The Morgan fingerprint density at radius 3 is 2.37 bits per heavy atom. The van der Waals surface area contributed by atoms with Gasteiger partial charge in [0, 0.05) is 23.1 Å². The highest BCUT2D eigenvalue weighted by Crippen LogP contribution is 2.21. The van der Waals surface area contributed by atoms with Gasteiger partial charge in [-0.2, -0.15) is 0 Å². The summed E-state index contributed by atoms with van der Waals surface area (Å²) in [6.07, 6.45) is 1.63. The van der Waals surface area contributed by atoms with Crippen molar-refractivity contribution in [1.29, 1.82) is 0 Å². The average molecular weight is 365 g/mol. The van der Waals surface area contributed by atoms with E-state index in [4.69, 9.17) is 4.74 Å². The Hall–Kier alpha value is -3.61. The molecule has 27 heavy (non-hydrogen) atoms. The average Bonchev–Trinajstić information content (AvgIpc) is 3.01. The van der Waals surface area contributed by atoms with Crippen molar-refractivity contribution in [1.82, 2.24) is 9.55 Å². The number of esters is 1. The van der Waals surface area contributed by atoms with E-state index in [2.05, 4.69) is 10.3 Å². The van der Waals surface area contributed by atoms with E-state index in [-0.39, 0.29) is 11.6 Å². The summed E-state index contributed by atoms with van der Waals surface area (Å²) < 4.78 is 6.27. The molecule has 0 fully saturated rings. The summed E-state index contributed by atoms with van der Waals surface area (Å²) in [7, 11) is 1.31. The van der Waals surface area contributed by atoms with Crippen LogP contribution in [-0.2, 0) is 4.74 Å². The van der Waals surface area contributed by atoms with E-state index in [9.17, 15) is 14.4 Å². The monoisotopic (exact) mass is 365 g/mol. The van der Waals surface area contributed by atoms with E-state index in [1.54, 1.807) is 55.6 Å². The van der Waals surface area contributed by atoms with Gasteiger partial charge < -0.3 is 15.0 Å². The zero-order chi connectivity index (χ0) is 19.6. The van der Waals surface area contributed by atoms with Crippen LogP contribution in [0.4, 0.5) is 5.69 Å². The number of nitrogens with one attached hydrogen (secondary N) is 2. The smallest absolute Gasteiger partial charge is 0.338 e. The van der Waals surface area contributed by atoms with Gasteiger partial charge in [-0.05, 0) is 55.8 Å². The number of anilines is 1. The molecule has 0 saturated heterocycles. The van der Waals surface area contributed by atoms with Gasteiger partial charge >= 0.3 is 11.7 Å². The Labute approximate surface area is 155 Å². The number of imidazole rings is 1. The first-order chi connectivity index (χ1) is 12.9. The number of rotatable bonds is 4. The van der Waals surface area contributed by atoms with Gasteiger partial charge in [0.1, 0.15) is 0 Å². The van der Waals surface area contributed by atoms with Crippen LogP contribution in [0.2, 0.25) is 0 Å². The number of aromatic amines is 1. The molecular weight excluding hydrogens is 346 g/mol. The van der Waals surface area contributed by atoms with Crippen molar-refractivity contribution in [3.05, 3.63) is 81.5 Å². The van der Waals surface area contributed by atoms with E-state index in [1.807, 2.05) is 6.92 Å². The molecule has 0 bridgehead atoms.